The number of methoxy groups -OCH3 is 5. The van der Waals surface area contributed by atoms with Crippen LogP contribution in [-0.2, 0) is 23.7 Å². The third kappa shape index (κ3) is 3.56. The minimum absolute atomic E-state index is 0.0861. The minimum Gasteiger partial charge on any atom is -0.497 e. The first kappa shape index (κ1) is 31.7. The van der Waals surface area contributed by atoms with E-state index in [0.717, 1.165) is 0 Å². The Kier molecular flexibility index (Phi) is 7.45. The number of carbonyl (C=O) groups is 1. The van der Waals surface area contributed by atoms with E-state index in [2.05, 4.69) is 4.90 Å². The van der Waals surface area contributed by atoms with Gasteiger partial charge in [0.15, 0.2) is 0 Å². The molecule has 1 heterocycles. The first-order valence-corrected chi connectivity index (χ1v) is 16.0. The Bertz CT molecular complexity index is 1310. The molecule has 7 unspecified atom stereocenters. The maximum atomic E-state index is 13.7. The number of nitrogens with zero attached hydrogens (tertiary/aromatic N) is 1. The summed E-state index contributed by atoms with van der Waals surface area (Å²) in [5.41, 5.74) is -4.96. The molecule has 250 valence electrons. The zero-order valence-electron chi connectivity index (χ0n) is 26.8. The van der Waals surface area contributed by atoms with Crippen LogP contribution < -0.4 is 4.74 Å². The number of hydrogen-bond acceptors (Lipinski definition) is 12. The molecule has 7 bridgehead atoms. The van der Waals surface area contributed by atoms with E-state index in [9.17, 15) is 25.2 Å². The summed E-state index contributed by atoms with van der Waals surface area (Å²) in [6, 6.07) is 6.16. The Morgan fingerprint density at radius 2 is 1.69 bits per heavy atom. The molecule has 1 aromatic rings. The summed E-state index contributed by atoms with van der Waals surface area (Å²) in [6.07, 6.45) is -5.43. The van der Waals surface area contributed by atoms with Gasteiger partial charge in [0.05, 0.1) is 37.6 Å². The second kappa shape index (κ2) is 10.6. The fourth-order valence-corrected chi connectivity index (χ4v) is 12.1. The maximum absolute atomic E-state index is 13.7. The predicted octanol–water partition coefficient (Wildman–Crippen LogP) is 0.0859. The quantitative estimate of drug-likeness (QED) is 0.272. The summed E-state index contributed by atoms with van der Waals surface area (Å²) in [5.74, 6) is -2.50. The summed E-state index contributed by atoms with van der Waals surface area (Å²) < 4.78 is 35.8. The molecule has 1 aromatic carbocycles. The van der Waals surface area contributed by atoms with Crippen LogP contribution in [-0.4, -0.2) is 140 Å². The molecule has 5 saturated carbocycles. The van der Waals surface area contributed by atoms with Crippen molar-refractivity contribution >= 4 is 5.97 Å². The molecule has 15 atom stereocenters. The SMILES string of the molecule is CCN1C[C@@]2(COC)C3C(OC)C4C1[C@@]3(C1C[C@@]3(O)C(OC(=O)c5ccc(OC)cc5)C1[C@]4(O)[C@@H](O)[C@@H]3OC)[C@@H](OC)C[C@H]2O. The van der Waals surface area contributed by atoms with Crippen molar-refractivity contribution in [3.63, 3.8) is 0 Å². The third-order valence-electron chi connectivity index (χ3n) is 13.2. The van der Waals surface area contributed by atoms with Gasteiger partial charge in [-0.05, 0) is 43.1 Å². The van der Waals surface area contributed by atoms with E-state index in [-0.39, 0.29) is 30.6 Å². The summed E-state index contributed by atoms with van der Waals surface area (Å²) in [4.78, 5) is 16.0. The smallest absolute Gasteiger partial charge is 0.338 e. The van der Waals surface area contributed by atoms with Crippen molar-refractivity contribution in [2.75, 3.05) is 55.2 Å². The largest absolute Gasteiger partial charge is 0.497 e. The van der Waals surface area contributed by atoms with Gasteiger partial charge in [-0.15, -0.1) is 0 Å². The van der Waals surface area contributed by atoms with Crippen molar-refractivity contribution in [2.24, 2.45) is 34.5 Å². The molecule has 4 N–H and O–H groups in total. The van der Waals surface area contributed by atoms with Crippen LogP contribution in [0.3, 0.4) is 0 Å². The number of fused-ring (bicyclic) bond motifs is 2. The highest BCUT2D eigenvalue weighted by molar-refractivity contribution is 5.89. The summed E-state index contributed by atoms with van der Waals surface area (Å²) in [7, 11) is 7.80. The van der Waals surface area contributed by atoms with Crippen LogP contribution in [0.15, 0.2) is 24.3 Å². The van der Waals surface area contributed by atoms with Crippen LogP contribution in [0.1, 0.15) is 30.1 Å². The van der Waals surface area contributed by atoms with Gasteiger partial charge >= 0.3 is 5.97 Å². The fraction of sp³-hybridized carbons (Fsp3) is 0.788. The molecule has 5 aliphatic carbocycles. The van der Waals surface area contributed by atoms with Gasteiger partial charge in [-0.1, -0.05) is 6.92 Å². The number of aliphatic hydroxyl groups excluding tert-OH is 2. The second-order valence-corrected chi connectivity index (χ2v) is 14.2. The molecule has 1 aliphatic heterocycles. The molecule has 6 fully saturated rings. The molecular weight excluding hydrogens is 586 g/mol. The van der Waals surface area contributed by atoms with Gasteiger partial charge in [-0.2, -0.15) is 0 Å². The Labute approximate surface area is 263 Å². The van der Waals surface area contributed by atoms with Gasteiger partial charge in [0.1, 0.15) is 35.3 Å². The number of aliphatic hydroxyl groups is 4. The maximum Gasteiger partial charge on any atom is 0.338 e. The monoisotopic (exact) mass is 633 g/mol. The number of ether oxygens (including phenoxy) is 6. The van der Waals surface area contributed by atoms with Crippen LogP contribution in [0, 0.1) is 34.5 Å². The van der Waals surface area contributed by atoms with E-state index >= 15 is 0 Å². The topological polar surface area (TPSA) is 157 Å². The number of likely N-dealkylation sites (tertiary alicyclic amines) is 1. The average Bonchev–Trinajstić information content (AvgIpc) is 3.42. The van der Waals surface area contributed by atoms with E-state index in [1.165, 1.54) is 14.2 Å². The third-order valence-corrected chi connectivity index (χ3v) is 13.2. The lowest BCUT2D eigenvalue weighted by atomic mass is 9.42. The molecular formula is C33H47NO11. The molecule has 1 spiro atoms. The van der Waals surface area contributed by atoms with Crippen LogP contribution in [0.5, 0.6) is 5.75 Å². The zero-order chi connectivity index (χ0) is 32.3. The molecule has 1 saturated heterocycles. The summed E-state index contributed by atoms with van der Waals surface area (Å²) in [5, 5.41) is 49.9. The Morgan fingerprint density at radius 1 is 0.978 bits per heavy atom. The van der Waals surface area contributed by atoms with Crippen molar-refractivity contribution in [1.82, 2.24) is 4.90 Å². The van der Waals surface area contributed by atoms with E-state index in [0.29, 0.717) is 25.3 Å². The average molecular weight is 634 g/mol. The number of rotatable bonds is 9. The molecule has 6 aliphatic rings. The first-order chi connectivity index (χ1) is 21.5. The van der Waals surface area contributed by atoms with Crippen LogP contribution >= 0.6 is 0 Å². The lowest BCUT2D eigenvalue weighted by molar-refractivity contribution is -0.320. The number of hydrogen-bond donors (Lipinski definition) is 4. The van der Waals surface area contributed by atoms with Gasteiger partial charge in [-0.3, -0.25) is 4.90 Å². The molecule has 45 heavy (non-hydrogen) atoms. The lowest BCUT2D eigenvalue weighted by Crippen LogP contribution is -2.81. The zero-order valence-corrected chi connectivity index (χ0v) is 26.8. The number of piperidine rings is 1. The molecule has 0 aromatic heterocycles. The van der Waals surface area contributed by atoms with E-state index < -0.39 is 82.4 Å². The van der Waals surface area contributed by atoms with Crippen molar-refractivity contribution in [3.8, 4) is 5.75 Å². The van der Waals surface area contributed by atoms with Crippen LogP contribution in [0.4, 0.5) is 0 Å². The van der Waals surface area contributed by atoms with Crippen LogP contribution in [0.25, 0.3) is 0 Å². The Morgan fingerprint density at radius 3 is 2.27 bits per heavy atom. The van der Waals surface area contributed by atoms with Crippen molar-refractivity contribution in [1.29, 1.82) is 0 Å². The standard InChI is InChI=1S/C33H47NO11/c1-7-34-14-30(15-40-2)19(35)12-20(42-4)32-18-13-31(38)27(45-29(37)16-8-10-17(41-3)11-9-16)21(18)33(39,26(36)28(31)44-6)22(25(32)34)23(43-5)24(30)32/h8-11,18-28,35-36,38-39H,7,12-15H2,1-6H3/t18?,19-,20+,21?,22?,23?,24?,25?,26+,27?,28+,30+,31-,32+,33-/m1/s1. The number of esters is 1. The number of carbonyl (C=O) groups excluding carboxylic acids is 1. The van der Waals surface area contributed by atoms with Gasteiger partial charge in [0, 0.05) is 76.0 Å². The Balaban J connectivity index is 1.45. The molecule has 0 amide bonds. The van der Waals surface area contributed by atoms with Crippen molar-refractivity contribution in [2.45, 2.75) is 73.6 Å². The predicted molar refractivity (Wildman–Crippen MR) is 157 cm³/mol. The van der Waals surface area contributed by atoms with Crippen molar-refractivity contribution < 1.29 is 53.6 Å². The lowest BCUT2D eigenvalue weighted by Gasteiger charge is -2.70. The van der Waals surface area contributed by atoms with Gasteiger partial charge in [-0.25, -0.2) is 4.79 Å². The molecule has 0 radical (unpaired) electrons. The second-order valence-electron chi connectivity index (χ2n) is 14.2. The fourth-order valence-electron chi connectivity index (χ4n) is 12.1. The highest BCUT2D eigenvalue weighted by atomic mass is 16.6. The molecule has 12 heteroatoms. The van der Waals surface area contributed by atoms with Crippen LogP contribution in [0.2, 0.25) is 0 Å². The molecule has 7 rings (SSSR count). The first-order valence-electron chi connectivity index (χ1n) is 16.0. The summed E-state index contributed by atoms with van der Waals surface area (Å²) >= 11 is 0. The molecule has 12 nitrogen and oxygen atoms in total. The highest BCUT2D eigenvalue weighted by Gasteiger charge is 2.91. The van der Waals surface area contributed by atoms with Gasteiger partial charge in [0.25, 0.3) is 0 Å². The van der Waals surface area contributed by atoms with E-state index in [1.54, 1.807) is 45.6 Å². The normalized spacial score (nSPS) is 50.8. The van der Waals surface area contributed by atoms with E-state index in [4.69, 9.17) is 28.4 Å². The highest BCUT2D eigenvalue weighted by Crippen LogP contribution is 2.80. The van der Waals surface area contributed by atoms with Crippen molar-refractivity contribution in [3.05, 3.63) is 29.8 Å². The van der Waals surface area contributed by atoms with Gasteiger partial charge < -0.3 is 48.8 Å². The summed E-state index contributed by atoms with van der Waals surface area (Å²) in [6.45, 7) is 3.43. The Hall–Kier alpha value is -1.87. The minimum atomic E-state index is -1.88. The number of benzene rings is 1. The van der Waals surface area contributed by atoms with E-state index in [1.807, 2.05) is 6.92 Å². The van der Waals surface area contributed by atoms with Gasteiger partial charge in [0.2, 0.25) is 0 Å².